The van der Waals surface area contributed by atoms with Gasteiger partial charge in [-0.05, 0) is 30.0 Å². The summed E-state index contributed by atoms with van der Waals surface area (Å²) in [4.78, 5) is 24.9. The van der Waals surface area contributed by atoms with Gasteiger partial charge in [0.05, 0.1) is 5.92 Å². The van der Waals surface area contributed by atoms with E-state index in [9.17, 15) is 22.8 Å². The van der Waals surface area contributed by atoms with Gasteiger partial charge in [-0.1, -0.05) is 19.1 Å². The molecule has 2 amide bonds. The molecule has 1 aliphatic rings. The van der Waals surface area contributed by atoms with Gasteiger partial charge < -0.3 is 20.1 Å². The van der Waals surface area contributed by atoms with E-state index in [1.807, 2.05) is 6.92 Å². The number of benzene rings is 1. The molecule has 6 nitrogen and oxygen atoms in total. The Morgan fingerprint density at radius 2 is 2.08 bits per heavy atom. The van der Waals surface area contributed by atoms with Crippen molar-refractivity contribution in [2.75, 3.05) is 19.7 Å². The molecule has 1 heterocycles. The van der Waals surface area contributed by atoms with Crippen molar-refractivity contribution in [3.05, 3.63) is 29.8 Å². The zero-order valence-electron chi connectivity index (χ0n) is 14.3. The van der Waals surface area contributed by atoms with E-state index in [2.05, 4.69) is 10.1 Å². The van der Waals surface area contributed by atoms with Crippen molar-refractivity contribution in [3.8, 4) is 5.75 Å². The van der Waals surface area contributed by atoms with Crippen molar-refractivity contribution in [3.63, 3.8) is 0 Å². The number of ether oxygens (including phenoxy) is 1. The Hall–Kier alpha value is -2.45. The molecule has 1 aliphatic heterocycles. The molecule has 1 aromatic rings. The zero-order valence-corrected chi connectivity index (χ0v) is 14.3. The van der Waals surface area contributed by atoms with Crippen LogP contribution in [0, 0.1) is 11.8 Å². The number of rotatable bonds is 5. The third kappa shape index (κ3) is 6.12. The Morgan fingerprint density at radius 3 is 2.73 bits per heavy atom. The van der Waals surface area contributed by atoms with Crippen LogP contribution in [-0.2, 0) is 11.3 Å². The number of urea groups is 1. The van der Waals surface area contributed by atoms with E-state index >= 15 is 0 Å². The van der Waals surface area contributed by atoms with E-state index in [-0.39, 0.29) is 24.8 Å². The molecule has 0 saturated carbocycles. The molecule has 1 saturated heterocycles. The lowest BCUT2D eigenvalue weighted by molar-refractivity contribution is -0.153. The average Bonchev–Trinajstić information content (AvgIpc) is 2.57. The summed E-state index contributed by atoms with van der Waals surface area (Å²) in [6.45, 7) is 1.21. The number of piperidine rings is 1. The van der Waals surface area contributed by atoms with Gasteiger partial charge in [-0.2, -0.15) is 13.2 Å². The number of hydrogen-bond acceptors (Lipinski definition) is 3. The fourth-order valence-electron chi connectivity index (χ4n) is 2.90. The molecule has 144 valence electrons. The maximum Gasteiger partial charge on any atom is 0.422 e. The number of likely N-dealkylation sites (tertiary alicyclic amines) is 1. The van der Waals surface area contributed by atoms with E-state index < -0.39 is 30.7 Å². The third-order valence-corrected chi connectivity index (χ3v) is 4.04. The fraction of sp³-hybridized carbons (Fsp3) is 0.529. The molecule has 2 N–H and O–H groups in total. The predicted molar refractivity (Wildman–Crippen MR) is 86.7 cm³/mol. The van der Waals surface area contributed by atoms with Crippen molar-refractivity contribution in [1.82, 2.24) is 10.2 Å². The minimum atomic E-state index is -4.42. The first-order chi connectivity index (χ1) is 12.1. The van der Waals surface area contributed by atoms with Crippen LogP contribution in [0.5, 0.6) is 5.75 Å². The molecule has 2 unspecified atom stereocenters. The van der Waals surface area contributed by atoms with Crippen LogP contribution in [0.4, 0.5) is 18.0 Å². The van der Waals surface area contributed by atoms with Crippen LogP contribution >= 0.6 is 0 Å². The van der Waals surface area contributed by atoms with Gasteiger partial charge in [0.2, 0.25) is 0 Å². The van der Waals surface area contributed by atoms with Crippen LogP contribution in [0.3, 0.4) is 0 Å². The molecule has 2 atom stereocenters. The van der Waals surface area contributed by atoms with Gasteiger partial charge in [-0.3, -0.25) is 4.79 Å². The number of hydrogen-bond donors (Lipinski definition) is 2. The molecule has 2 rings (SSSR count). The quantitative estimate of drug-likeness (QED) is 0.831. The summed E-state index contributed by atoms with van der Waals surface area (Å²) in [7, 11) is 0. The summed E-state index contributed by atoms with van der Waals surface area (Å²) in [5.74, 6) is -1.38. The molecule has 0 spiro atoms. The Bertz CT molecular complexity index is 651. The van der Waals surface area contributed by atoms with E-state index in [4.69, 9.17) is 5.11 Å². The lowest BCUT2D eigenvalue weighted by atomic mass is 9.91. The second-order valence-corrected chi connectivity index (χ2v) is 6.49. The number of nitrogens with one attached hydrogen (secondary N) is 1. The highest BCUT2D eigenvalue weighted by molar-refractivity contribution is 5.76. The summed E-state index contributed by atoms with van der Waals surface area (Å²) in [5, 5.41) is 11.8. The molecular weight excluding hydrogens is 353 g/mol. The SMILES string of the molecule is CC1CC(C(=O)O)CN(C(=O)NCc2cccc(OCC(F)(F)F)c2)C1. The second-order valence-electron chi connectivity index (χ2n) is 6.49. The number of carbonyl (C=O) groups excluding carboxylic acids is 1. The molecule has 0 bridgehead atoms. The Morgan fingerprint density at radius 1 is 1.35 bits per heavy atom. The average molecular weight is 374 g/mol. The molecule has 9 heteroatoms. The summed E-state index contributed by atoms with van der Waals surface area (Å²) < 4.78 is 41.3. The summed E-state index contributed by atoms with van der Waals surface area (Å²) in [5.41, 5.74) is 0.581. The maximum atomic E-state index is 12.3. The van der Waals surface area contributed by atoms with Crippen LogP contribution in [0.1, 0.15) is 18.9 Å². The van der Waals surface area contributed by atoms with Crippen molar-refractivity contribution >= 4 is 12.0 Å². The van der Waals surface area contributed by atoms with Crippen molar-refractivity contribution in [2.24, 2.45) is 11.8 Å². The number of carbonyl (C=O) groups is 2. The van der Waals surface area contributed by atoms with Crippen molar-refractivity contribution in [1.29, 1.82) is 0 Å². The number of amides is 2. The first-order valence-corrected chi connectivity index (χ1v) is 8.18. The standard InChI is InChI=1S/C17H21F3N2O4/c1-11-5-13(15(23)24)9-22(8-11)16(25)21-7-12-3-2-4-14(6-12)26-10-17(18,19)20/h2-4,6,11,13H,5,7-10H2,1H3,(H,21,25)(H,23,24). The van der Waals surface area contributed by atoms with Gasteiger partial charge >= 0.3 is 18.2 Å². The molecule has 1 fully saturated rings. The van der Waals surface area contributed by atoms with E-state index in [1.165, 1.54) is 23.1 Å². The van der Waals surface area contributed by atoms with Gasteiger partial charge in [-0.25, -0.2) is 4.79 Å². The first kappa shape index (κ1) is 19.9. The number of halogens is 3. The maximum absolute atomic E-state index is 12.3. The zero-order chi connectivity index (χ0) is 19.3. The highest BCUT2D eigenvalue weighted by Crippen LogP contribution is 2.22. The van der Waals surface area contributed by atoms with Crippen LogP contribution in [-0.4, -0.2) is 47.9 Å². The third-order valence-electron chi connectivity index (χ3n) is 4.04. The minimum Gasteiger partial charge on any atom is -0.484 e. The van der Waals surface area contributed by atoms with E-state index in [0.717, 1.165) is 0 Å². The number of aliphatic carboxylic acids is 1. The highest BCUT2D eigenvalue weighted by Gasteiger charge is 2.32. The lowest BCUT2D eigenvalue weighted by Crippen LogP contribution is -2.49. The Kier molecular flexibility index (Phi) is 6.33. The smallest absolute Gasteiger partial charge is 0.422 e. The molecule has 0 aliphatic carbocycles. The molecule has 0 aromatic heterocycles. The van der Waals surface area contributed by atoms with Gasteiger partial charge in [0.25, 0.3) is 0 Å². The molecule has 0 radical (unpaired) electrons. The Labute approximate surface area is 148 Å². The summed E-state index contributed by atoms with van der Waals surface area (Å²) in [6.07, 6.45) is -3.90. The van der Waals surface area contributed by atoms with E-state index in [0.29, 0.717) is 18.5 Å². The van der Waals surface area contributed by atoms with Crippen LogP contribution < -0.4 is 10.1 Å². The number of carboxylic acid groups (broad SMARTS) is 1. The van der Waals surface area contributed by atoms with Gasteiger partial charge in [0.1, 0.15) is 5.75 Å². The lowest BCUT2D eigenvalue weighted by Gasteiger charge is -2.34. The normalized spacial score (nSPS) is 20.5. The molecule has 1 aromatic carbocycles. The van der Waals surface area contributed by atoms with Crippen molar-refractivity contribution in [2.45, 2.75) is 26.1 Å². The predicted octanol–water partition coefficient (Wildman–Crippen LogP) is 2.88. The van der Waals surface area contributed by atoms with Gasteiger partial charge in [0, 0.05) is 19.6 Å². The van der Waals surface area contributed by atoms with Crippen LogP contribution in [0.15, 0.2) is 24.3 Å². The monoisotopic (exact) mass is 374 g/mol. The van der Waals surface area contributed by atoms with Crippen molar-refractivity contribution < 1.29 is 32.6 Å². The van der Waals surface area contributed by atoms with Crippen LogP contribution in [0.25, 0.3) is 0 Å². The molecular formula is C17H21F3N2O4. The largest absolute Gasteiger partial charge is 0.484 e. The van der Waals surface area contributed by atoms with Gasteiger partial charge in [-0.15, -0.1) is 0 Å². The Balaban J connectivity index is 1.89. The summed E-state index contributed by atoms with van der Waals surface area (Å²) in [6, 6.07) is 5.62. The number of alkyl halides is 3. The first-order valence-electron chi connectivity index (χ1n) is 8.18. The minimum absolute atomic E-state index is 0.0617. The highest BCUT2D eigenvalue weighted by atomic mass is 19.4. The second kappa shape index (κ2) is 8.29. The fourth-order valence-corrected chi connectivity index (χ4v) is 2.90. The number of nitrogens with zero attached hydrogens (tertiary/aromatic N) is 1. The number of carboxylic acids is 1. The van der Waals surface area contributed by atoms with Crippen LogP contribution in [0.2, 0.25) is 0 Å². The molecule has 26 heavy (non-hydrogen) atoms. The van der Waals surface area contributed by atoms with E-state index in [1.54, 1.807) is 6.07 Å². The summed E-state index contributed by atoms with van der Waals surface area (Å²) >= 11 is 0. The van der Waals surface area contributed by atoms with Gasteiger partial charge in [0.15, 0.2) is 6.61 Å². The topological polar surface area (TPSA) is 78.9 Å².